The van der Waals surface area contributed by atoms with E-state index < -0.39 is 24.3 Å². The van der Waals surface area contributed by atoms with Crippen LogP contribution in [0, 0.1) is 5.82 Å². The number of likely N-dealkylation sites (N-methyl/N-ethyl adjacent to an activating group) is 1. The summed E-state index contributed by atoms with van der Waals surface area (Å²) in [6.45, 7) is -0.282. The first kappa shape index (κ1) is 21.0. The number of rotatable bonds is 8. The van der Waals surface area contributed by atoms with Crippen LogP contribution in [0.4, 0.5) is 4.39 Å². The molecule has 0 saturated carbocycles. The highest BCUT2D eigenvalue weighted by molar-refractivity contribution is 5.92. The second kappa shape index (κ2) is 9.59. The van der Waals surface area contributed by atoms with E-state index in [4.69, 9.17) is 18.9 Å². The van der Waals surface area contributed by atoms with Gasteiger partial charge in [0.1, 0.15) is 0 Å². The number of methoxy groups -OCH3 is 3. The van der Waals surface area contributed by atoms with Crippen LogP contribution in [0.15, 0.2) is 36.4 Å². The molecule has 0 aliphatic carbocycles. The number of benzene rings is 2. The Balaban J connectivity index is 1.93. The fraction of sp³-hybridized carbons (Fsp3) is 0.300. The lowest BCUT2D eigenvalue weighted by Gasteiger charge is -2.17. The zero-order chi connectivity index (χ0) is 20.7. The molecule has 0 heterocycles. The molecule has 0 bridgehead atoms. The van der Waals surface area contributed by atoms with Crippen LogP contribution in [-0.2, 0) is 16.1 Å². The Hall–Kier alpha value is -3.29. The zero-order valence-corrected chi connectivity index (χ0v) is 16.2. The van der Waals surface area contributed by atoms with Gasteiger partial charge < -0.3 is 23.8 Å². The number of ether oxygens (including phenoxy) is 4. The summed E-state index contributed by atoms with van der Waals surface area (Å²) in [6.07, 6.45) is 0. The molecule has 7 nitrogen and oxygen atoms in total. The van der Waals surface area contributed by atoms with Crippen molar-refractivity contribution in [3.8, 4) is 17.2 Å². The van der Waals surface area contributed by atoms with Gasteiger partial charge >= 0.3 is 5.97 Å². The quantitative estimate of drug-likeness (QED) is 0.644. The molecule has 0 N–H and O–H groups in total. The van der Waals surface area contributed by atoms with Gasteiger partial charge in [0.2, 0.25) is 0 Å². The largest absolute Gasteiger partial charge is 0.494 e. The average molecular weight is 391 g/mol. The molecule has 28 heavy (non-hydrogen) atoms. The van der Waals surface area contributed by atoms with Crippen LogP contribution in [0.2, 0.25) is 0 Å². The Morgan fingerprint density at radius 3 is 2.18 bits per heavy atom. The molecule has 0 fully saturated rings. The molecule has 1 amide bonds. The van der Waals surface area contributed by atoms with Crippen LogP contribution < -0.4 is 14.2 Å². The van der Waals surface area contributed by atoms with Crippen molar-refractivity contribution < 1.29 is 32.9 Å². The summed E-state index contributed by atoms with van der Waals surface area (Å²) < 4.78 is 33.9. The van der Waals surface area contributed by atoms with Crippen molar-refractivity contribution in [3.63, 3.8) is 0 Å². The molecule has 0 atom stereocenters. The molecular formula is C20H22FNO6. The summed E-state index contributed by atoms with van der Waals surface area (Å²) in [5, 5.41) is 0. The molecule has 150 valence electrons. The number of nitrogens with zero attached hydrogens (tertiary/aromatic N) is 1. The molecule has 2 rings (SSSR count). The SMILES string of the molecule is COc1ccc(CN(C)C(=O)COC(=O)c2ccc(OC)c(OC)c2)cc1F. The summed E-state index contributed by atoms with van der Waals surface area (Å²) in [6, 6.07) is 8.98. The third kappa shape index (κ3) is 5.12. The van der Waals surface area contributed by atoms with Crippen LogP contribution >= 0.6 is 0 Å². The molecule has 0 unspecified atom stereocenters. The van der Waals surface area contributed by atoms with E-state index in [1.165, 1.54) is 57.5 Å². The molecule has 0 aliphatic heterocycles. The van der Waals surface area contributed by atoms with Crippen molar-refractivity contribution in [1.82, 2.24) is 4.90 Å². The van der Waals surface area contributed by atoms with E-state index >= 15 is 0 Å². The molecular weight excluding hydrogens is 369 g/mol. The number of amides is 1. The maximum Gasteiger partial charge on any atom is 0.338 e. The lowest BCUT2D eigenvalue weighted by molar-refractivity contribution is -0.133. The minimum Gasteiger partial charge on any atom is -0.494 e. The van der Waals surface area contributed by atoms with Gasteiger partial charge in [-0.25, -0.2) is 9.18 Å². The first-order valence-electron chi connectivity index (χ1n) is 8.35. The number of halogens is 1. The molecule has 0 aliphatic rings. The second-order valence-electron chi connectivity index (χ2n) is 5.86. The number of hydrogen-bond acceptors (Lipinski definition) is 6. The average Bonchev–Trinajstić information content (AvgIpc) is 2.71. The standard InChI is InChI=1S/C20H22FNO6/c1-22(11-13-5-7-16(25-2)15(21)9-13)19(23)12-28-20(24)14-6-8-17(26-3)18(10-14)27-4/h5-10H,11-12H2,1-4H3. The van der Waals surface area contributed by atoms with E-state index in [9.17, 15) is 14.0 Å². The van der Waals surface area contributed by atoms with E-state index in [1.807, 2.05) is 0 Å². The monoisotopic (exact) mass is 391 g/mol. The first-order valence-corrected chi connectivity index (χ1v) is 8.35. The van der Waals surface area contributed by atoms with E-state index in [2.05, 4.69) is 0 Å². The number of carbonyl (C=O) groups excluding carboxylic acids is 2. The number of hydrogen-bond donors (Lipinski definition) is 0. The van der Waals surface area contributed by atoms with Crippen molar-refractivity contribution in [2.24, 2.45) is 0 Å². The predicted octanol–water partition coefficient (Wildman–Crippen LogP) is 2.67. The molecule has 8 heteroatoms. The van der Waals surface area contributed by atoms with Gasteiger partial charge in [0.05, 0.1) is 26.9 Å². The second-order valence-corrected chi connectivity index (χ2v) is 5.86. The number of esters is 1. The normalized spacial score (nSPS) is 10.2. The Kier molecular flexibility index (Phi) is 7.20. The Morgan fingerprint density at radius 1 is 0.929 bits per heavy atom. The smallest absolute Gasteiger partial charge is 0.338 e. The summed E-state index contributed by atoms with van der Waals surface area (Å²) in [4.78, 5) is 25.7. The van der Waals surface area contributed by atoms with Crippen LogP contribution in [0.3, 0.4) is 0 Å². The number of carbonyl (C=O) groups is 2. The van der Waals surface area contributed by atoms with E-state index in [0.29, 0.717) is 17.1 Å². The highest BCUT2D eigenvalue weighted by atomic mass is 19.1. The summed E-state index contributed by atoms with van der Waals surface area (Å²) in [7, 11) is 5.85. The fourth-order valence-electron chi connectivity index (χ4n) is 2.45. The molecule has 2 aromatic rings. The topological polar surface area (TPSA) is 74.3 Å². The van der Waals surface area contributed by atoms with Crippen molar-refractivity contribution in [2.45, 2.75) is 6.54 Å². The van der Waals surface area contributed by atoms with Gasteiger partial charge in [-0.05, 0) is 35.9 Å². The Labute approximate surface area is 162 Å². The van der Waals surface area contributed by atoms with Gasteiger partial charge in [0, 0.05) is 13.6 Å². The molecule has 0 radical (unpaired) electrons. The third-order valence-corrected chi connectivity index (χ3v) is 4.01. The molecule has 0 aromatic heterocycles. The van der Waals surface area contributed by atoms with Gasteiger partial charge in [-0.3, -0.25) is 4.79 Å². The Bertz CT molecular complexity index is 855. The van der Waals surface area contributed by atoms with Crippen molar-refractivity contribution in [3.05, 3.63) is 53.3 Å². The lowest BCUT2D eigenvalue weighted by Crippen LogP contribution is -2.30. The van der Waals surface area contributed by atoms with E-state index in [1.54, 1.807) is 12.1 Å². The highest BCUT2D eigenvalue weighted by Crippen LogP contribution is 2.27. The summed E-state index contributed by atoms with van der Waals surface area (Å²) in [5.41, 5.74) is 0.811. The van der Waals surface area contributed by atoms with Crippen LogP contribution in [0.1, 0.15) is 15.9 Å². The van der Waals surface area contributed by atoms with Crippen LogP contribution in [-0.4, -0.2) is 51.8 Å². The first-order chi connectivity index (χ1) is 13.4. The maximum absolute atomic E-state index is 13.7. The summed E-state index contributed by atoms with van der Waals surface area (Å²) >= 11 is 0. The molecule has 0 spiro atoms. The van der Waals surface area contributed by atoms with Crippen molar-refractivity contribution >= 4 is 11.9 Å². The molecule has 2 aromatic carbocycles. The van der Waals surface area contributed by atoms with E-state index in [0.717, 1.165) is 0 Å². The fourth-order valence-corrected chi connectivity index (χ4v) is 2.45. The van der Waals surface area contributed by atoms with Gasteiger partial charge in [0.25, 0.3) is 5.91 Å². The van der Waals surface area contributed by atoms with Gasteiger partial charge in [-0.2, -0.15) is 0 Å². The van der Waals surface area contributed by atoms with Crippen molar-refractivity contribution in [2.75, 3.05) is 35.0 Å². The zero-order valence-electron chi connectivity index (χ0n) is 16.2. The predicted molar refractivity (Wildman–Crippen MR) is 99.3 cm³/mol. The van der Waals surface area contributed by atoms with Crippen LogP contribution in [0.5, 0.6) is 17.2 Å². The summed E-state index contributed by atoms with van der Waals surface area (Å²) in [5.74, 6) is -0.630. The van der Waals surface area contributed by atoms with Crippen molar-refractivity contribution in [1.29, 1.82) is 0 Å². The third-order valence-electron chi connectivity index (χ3n) is 4.01. The minimum absolute atomic E-state index is 0.126. The van der Waals surface area contributed by atoms with Gasteiger partial charge in [-0.15, -0.1) is 0 Å². The lowest BCUT2D eigenvalue weighted by atomic mass is 10.2. The van der Waals surface area contributed by atoms with E-state index in [-0.39, 0.29) is 17.9 Å². The highest BCUT2D eigenvalue weighted by Gasteiger charge is 2.16. The van der Waals surface area contributed by atoms with Gasteiger partial charge in [0.15, 0.2) is 29.7 Å². The van der Waals surface area contributed by atoms with Gasteiger partial charge in [-0.1, -0.05) is 6.07 Å². The maximum atomic E-state index is 13.7. The Morgan fingerprint density at radius 2 is 1.57 bits per heavy atom. The minimum atomic E-state index is -0.668. The van der Waals surface area contributed by atoms with Crippen LogP contribution in [0.25, 0.3) is 0 Å². The molecule has 0 saturated heterocycles.